The maximum atomic E-state index is 5.68. The number of halogens is 1. The van der Waals surface area contributed by atoms with Crippen molar-refractivity contribution in [1.82, 2.24) is 4.98 Å². The fourth-order valence-corrected chi connectivity index (χ4v) is 1.91. The van der Waals surface area contributed by atoms with Gasteiger partial charge in [-0.1, -0.05) is 22.9 Å². The van der Waals surface area contributed by atoms with Crippen LogP contribution in [0.25, 0.3) is 10.2 Å². The third-order valence-corrected chi connectivity index (χ3v) is 2.45. The Morgan fingerprint density at radius 1 is 1.45 bits per heavy atom. The quantitative estimate of drug-likeness (QED) is 0.639. The van der Waals surface area contributed by atoms with Gasteiger partial charge in [0.2, 0.25) is 0 Å². The normalized spacial score (nSPS) is 10.6. The molecule has 2 heterocycles. The van der Waals surface area contributed by atoms with Crippen LogP contribution in [0.5, 0.6) is 0 Å². The Hall–Kier alpha value is -0.800. The lowest BCUT2D eigenvalue weighted by molar-refractivity contribution is 1.44. The zero-order chi connectivity index (χ0) is 7.84. The van der Waals surface area contributed by atoms with E-state index < -0.39 is 0 Å². The molecule has 2 rings (SSSR count). The molecule has 0 aliphatic rings. The van der Waals surface area contributed by atoms with Crippen LogP contribution in [-0.2, 0) is 0 Å². The van der Waals surface area contributed by atoms with E-state index in [2.05, 4.69) is 4.98 Å². The Labute approximate surface area is 72.6 Å². The van der Waals surface area contributed by atoms with Gasteiger partial charge >= 0.3 is 0 Å². The van der Waals surface area contributed by atoms with Gasteiger partial charge in [0.05, 0.1) is 5.00 Å². The molecule has 0 atom stereocenters. The van der Waals surface area contributed by atoms with E-state index in [0.717, 1.165) is 15.2 Å². The van der Waals surface area contributed by atoms with E-state index in [1.165, 1.54) is 11.3 Å². The first kappa shape index (κ1) is 6.88. The molecule has 0 bridgehead atoms. The minimum atomic E-state index is 0.513. The van der Waals surface area contributed by atoms with Crippen molar-refractivity contribution >= 4 is 38.2 Å². The van der Waals surface area contributed by atoms with Crippen molar-refractivity contribution in [2.75, 3.05) is 5.73 Å². The number of aromatic nitrogens is 1. The second-order valence-corrected chi connectivity index (χ2v) is 3.63. The van der Waals surface area contributed by atoms with Gasteiger partial charge in [-0.05, 0) is 18.2 Å². The van der Waals surface area contributed by atoms with E-state index in [1.807, 2.05) is 12.1 Å². The first-order chi connectivity index (χ1) is 5.25. The summed E-state index contributed by atoms with van der Waals surface area (Å²) in [5.41, 5.74) is 5.58. The summed E-state index contributed by atoms with van der Waals surface area (Å²) < 4.78 is 0. The third kappa shape index (κ3) is 1.17. The predicted molar refractivity (Wildman–Crippen MR) is 49.0 cm³/mol. The Bertz CT molecular complexity index is 396. The molecule has 0 radical (unpaired) electrons. The standard InChI is InChI=1S/C7H5ClN2S/c8-5-2-1-4-3-6(9)11-7(4)10-5/h1-3H,9H2. The van der Waals surface area contributed by atoms with E-state index in [4.69, 9.17) is 17.3 Å². The number of fused-ring (bicyclic) bond motifs is 1. The van der Waals surface area contributed by atoms with Crippen molar-refractivity contribution in [3.8, 4) is 0 Å². The predicted octanol–water partition coefficient (Wildman–Crippen LogP) is 2.53. The third-order valence-electron chi connectivity index (χ3n) is 1.37. The second-order valence-electron chi connectivity index (χ2n) is 2.18. The molecule has 0 aliphatic carbocycles. The Kier molecular flexibility index (Phi) is 1.47. The van der Waals surface area contributed by atoms with Crippen molar-refractivity contribution in [2.45, 2.75) is 0 Å². The molecular weight excluding hydrogens is 180 g/mol. The number of thiophene rings is 1. The molecule has 2 aromatic heterocycles. The lowest BCUT2D eigenvalue weighted by atomic mass is 10.3. The fraction of sp³-hybridized carbons (Fsp3) is 0. The number of nitrogens with zero attached hydrogens (tertiary/aromatic N) is 1. The van der Waals surface area contributed by atoms with Crippen LogP contribution < -0.4 is 5.73 Å². The van der Waals surface area contributed by atoms with Gasteiger partial charge in [-0.15, -0.1) is 0 Å². The van der Waals surface area contributed by atoms with Crippen LogP contribution in [0.15, 0.2) is 18.2 Å². The highest BCUT2D eigenvalue weighted by molar-refractivity contribution is 7.22. The first-order valence-electron chi connectivity index (χ1n) is 3.07. The van der Waals surface area contributed by atoms with Gasteiger partial charge in [0.1, 0.15) is 9.98 Å². The average molecular weight is 185 g/mol. The van der Waals surface area contributed by atoms with Crippen molar-refractivity contribution in [3.63, 3.8) is 0 Å². The van der Waals surface area contributed by atoms with Crippen LogP contribution in [0.2, 0.25) is 5.15 Å². The maximum Gasteiger partial charge on any atom is 0.130 e. The summed E-state index contributed by atoms with van der Waals surface area (Å²) in [4.78, 5) is 5.00. The summed E-state index contributed by atoms with van der Waals surface area (Å²) in [6, 6.07) is 5.57. The lowest BCUT2D eigenvalue weighted by Crippen LogP contribution is -1.72. The summed E-state index contributed by atoms with van der Waals surface area (Å²) in [6.45, 7) is 0. The van der Waals surface area contributed by atoms with Crippen molar-refractivity contribution in [3.05, 3.63) is 23.4 Å². The largest absolute Gasteiger partial charge is 0.391 e. The number of anilines is 1. The van der Waals surface area contributed by atoms with E-state index in [-0.39, 0.29) is 0 Å². The van der Waals surface area contributed by atoms with E-state index in [0.29, 0.717) is 5.15 Å². The molecule has 2 nitrogen and oxygen atoms in total. The van der Waals surface area contributed by atoms with Crippen molar-refractivity contribution < 1.29 is 0 Å². The highest BCUT2D eigenvalue weighted by Crippen LogP contribution is 2.26. The number of hydrogen-bond acceptors (Lipinski definition) is 3. The molecule has 0 saturated heterocycles. The molecule has 0 fully saturated rings. The van der Waals surface area contributed by atoms with Gasteiger partial charge in [0, 0.05) is 5.39 Å². The molecule has 0 aromatic carbocycles. The summed E-state index contributed by atoms with van der Waals surface area (Å²) >= 11 is 7.13. The average Bonchev–Trinajstić information content (AvgIpc) is 2.27. The monoisotopic (exact) mass is 184 g/mol. The zero-order valence-electron chi connectivity index (χ0n) is 5.54. The molecule has 2 N–H and O–H groups in total. The lowest BCUT2D eigenvalue weighted by Gasteiger charge is -1.87. The number of hydrogen-bond donors (Lipinski definition) is 1. The number of nitrogen functional groups attached to an aromatic ring is 1. The van der Waals surface area contributed by atoms with Crippen LogP contribution in [0.4, 0.5) is 5.00 Å². The van der Waals surface area contributed by atoms with E-state index in [1.54, 1.807) is 6.07 Å². The Balaban J connectivity index is 2.82. The molecule has 2 aromatic rings. The summed E-state index contributed by atoms with van der Waals surface area (Å²) in [5.74, 6) is 0. The molecule has 4 heteroatoms. The molecular formula is C7H5ClN2S. The van der Waals surface area contributed by atoms with Gasteiger partial charge in [-0.3, -0.25) is 0 Å². The van der Waals surface area contributed by atoms with Crippen LogP contribution in [0.1, 0.15) is 0 Å². The molecule has 11 heavy (non-hydrogen) atoms. The van der Waals surface area contributed by atoms with Gasteiger partial charge in [0.15, 0.2) is 0 Å². The van der Waals surface area contributed by atoms with Crippen molar-refractivity contribution in [1.29, 1.82) is 0 Å². The fourth-order valence-electron chi connectivity index (χ4n) is 0.915. The molecule has 0 spiro atoms. The number of pyridine rings is 1. The molecule has 0 amide bonds. The highest BCUT2D eigenvalue weighted by atomic mass is 35.5. The molecule has 56 valence electrons. The minimum absolute atomic E-state index is 0.513. The van der Waals surface area contributed by atoms with Gasteiger partial charge in [0.25, 0.3) is 0 Å². The molecule has 0 aliphatic heterocycles. The first-order valence-corrected chi connectivity index (χ1v) is 4.27. The molecule has 0 saturated carbocycles. The smallest absolute Gasteiger partial charge is 0.130 e. The van der Waals surface area contributed by atoms with Gasteiger partial charge < -0.3 is 5.73 Å². The topological polar surface area (TPSA) is 38.9 Å². The van der Waals surface area contributed by atoms with Crippen molar-refractivity contribution in [2.24, 2.45) is 0 Å². The van der Waals surface area contributed by atoms with Crippen LogP contribution in [0.3, 0.4) is 0 Å². The molecule has 0 unspecified atom stereocenters. The maximum absolute atomic E-state index is 5.68. The second kappa shape index (κ2) is 2.36. The highest BCUT2D eigenvalue weighted by Gasteiger charge is 1.99. The zero-order valence-corrected chi connectivity index (χ0v) is 7.12. The number of rotatable bonds is 0. The van der Waals surface area contributed by atoms with Gasteiger partial charge in [-0.25, -0.2) is 4.98 Å². The minimum Gasteiger partial charge on any atom is -0.391 e. The van der Waals surface area contributed by atoms with Crippen LogP contribution in [-0.4, -0.2) is 4.98 Å². The Morgan fingerprint density at radius 2 is 2.27 bits per heavy atom. The summed E-state index contributed by atoms with van der Waals surface area (Å²) in [5, 5.41) is 2.34. The Morgan fingerprint density at radius 3 is 3.09 bits per heavy atom. The summed E-state index contributed by atoms with van der Waals surface area (Å²) in [6.07, 6.45) is 0. The van der Waals surface area contributed by atoms with Gasteiger partial charge in [-0.2, -0.15) is 0 Å². The van der Waals surface area contributed by atoms with E-state index >= 15 is 0 Å². The van der Waals surface area contributed by atoms with Crippen LogP contribution >= 0.6 is 22.9 Å². The van der Waals surface area contributed by atoms with Crippen LogP contribution in [0, 0.1) is 0 Å². The van der Waals surface area contributed by atoms with E-state index in [9.17, 15) is 0 Å². The SMILES string of the molecule is Nc1cc2ccc(Cl)nc2s1. The summed E-state index contributed by atoms with van der Waals surface area (Å²) in [7, 11) is 0. The number of nitrogens with two attached hydrogens (primary N) is 1.